The van der Waals surface area contributed by atoms with Gasteiger partial charge in [0, 0.05) is 6.08 Å². The second-order valence-corrected chi connectivity index (χ2v) is 4.16. The van der Waals surface area contributed by atoms with Crippen molar-refractivity contribution in [2.75, 3.05) is 7.11 Å². The van der Waals surface area contributed by atoms with Crippen LogP contribution in [0.2, 0.25) is 0 Å². The Morgan fingerprint density at radius 3 is 2.79 bits per heavy atom. The molecule has 0 aromatic carbocycles. The first-order valence-electron chi connectivity index (χ1n) is 5.02. The van der Waals surface area contributed by atoms with E-state index in [2.05, 4.69) is 25.2 Å². The van der Waals surface area contributed by atoms with Gasteiger partial charge < -0.3 is 4.74 Å². The summed E-state index contributed by atoms with van der Waals surface area (Å²) >= 11 is 0. The molecule has 0 bridgehead atoms. The zero-order valence-corrected chi connectivity index (χ0v) is 9.17. The van der Waals surface area contributed by atoms with Gasteiger partial charge in [-0.25, -0.2) is 4.79 Å². The molecule has 0 aromatic rings. The van der Waals surface area contributed by atoms with Crippen LogP contribution in [0.3, 0.4) is 0 Å². The predicted octanol–water partition coefficient (Wildman–Crippen LogP) is 2.71. The molecular formula is C12H18O2. The Kier molecular flexibility index (Phi) is 3.50. The average molecular weight is 194 g/mol. The Balaban J connectivity index is 2.81. The number of ether oxygens (including phenoxy) is 1. The fraction of sp³-hybridized carbons (Fsp3) is 0.583. The van der Waals surface area contributed by atoms with Gasteiger partial charge in [-0.2, -0.15) is 0 Å². The molecule has 0 N–H and O–H groups in total. The number of hydrogen-bond donors (Lipinski definition) is 0. The molecule has 0 heterocycles. The highest BCUT2D eigenvalue weighted by Gasteiger charge is 2.22. The van der Waals surface area contributed by atoms with E-state index in [0.29, 0.717) is 11.8 Å². The maximum Gasteiger partial charge on any atom is 0.330 e. The summed E-state index contributed by atoms with van der Waals surface area (Å²) in [6.07, 6.45) is 3.68. The molecule has 14 heavy (non-hydrogen) atoms. The molecule has 0 saturated heterocycles. The number of carbonyl (C=O) groups is 1. The topological polar surface area (TPSA) is 26.3 Å². The van der Waals surface area contributed by atoms with Gasteiger partial charge in [-0.05, 0) is 35.8 Å². The van der Waals surface area contributed by atoms with Crippen LogP contribution in [0.25, 0.3) is 0 Å². The van der Waals surface area contributed by atoms with Gasteiger partial charge in [-0.1, -0.05) is 20.4 Å². The van der Waals surface area contributed by atoms with Gasteiger partial charge in [0.15, 0.2) is 0 Å². The van der Waals surface area contributed by atoms with Gasteiger partial charge in [-0.15, -0.1) is 0 Å². The third-order valence-electron chi connectivity index (χ3n) is 2.82. The van der Waals surface area contributed by atoms with Crippen molar-refractivity contribution in [3.63, 3.8) is 0 Å². The van der Waals surface area contributed by atoms with Gasteiger partial charge in [0.25, 0.3) is 0 Å². The third-order valence-corrected chi connectivity index (χ3v) is 2.82. The highest BCUT2D eigenvalue weighted by atomic mass is 16.5. The number of allylic oxidation sites excluding steroid dienone is 2. The first-order valence-corrected chi connectivity index (χ1v) is 5.02. The van der Waals surface area contributed by atoms with Gasteiger partial charge in [0.05, 0.1) is 7.11 Å². The fourth-order valence-electron chi connectivity index (χ4n) is 2.00. The van der Waals surface area contributed by atoms with Crippen molar-refractivity contribution in [2.24, 2.45) is 11.8 Å². The first kappa shape index (κ1) is 11.0. The van der Waals surface area contributed by atoms with Crippen LogP contribution in [-0.2, 0) is 9.53 Å². The molecule has 2 atom stereocenters. The summed E-state index contributed by atoms with van der Waals surface area (Å²) in [6.45, 7) is 8.38. The molecule has 1 fully saturated rings. The molecule has 1 aliphatic carbocycles. The lowest BCUT2D eigenvalue weighted by Crippen LogP contribution is -2.16. The van der Waals surface area contributed by atoms with Crippen LogP contribution in [-0.4, -0.2) is 13.1 Å². The van der Waals surface area contributed by atoms with E-state index in [-0.39, 0.29) is 5.97 Å². The quantitative estimate of drug-likeness (QED) is 0.474. The van der Waals surface area contributed by atoms with Gasteiger partial charge in [0.2, 0.25) is 0 Å². The molecule has 1 aliphatic rings. The molecule has 2 heteroatoms. The summed E-state index contributed by atoms with van der Waals surface area (Å²) in [7, 11) is 1.40. The van der Waals surface area contributed by atoms with E-state index in [1.807, 2.05) is 0 Å². The molecule has 2 nitrogen and oxygen atoms in total. The monoisotopic (exact) mass is 194 g/mol. The van der Waals surface area contributed by atoms with Gasteiger partial charge in [0.1, 0.15) is 0 Å². The summed E-state index contributed by atoms with van der Waals surface area (Å²) in [5.41, 5.74) is 2.15. The van der Waals surface area contributed by atoms with E-state index in [1.54, 1.807) is 6.08 Å². The van der Waals surface area contributed by atoms with Crippen LogP contribution >= 0.6 is 0 Å². The van der Waals surface area contributed by atoms with E-state index in [0.717, 1.165) is 24.0 Å². The number of rotatable bonds is 1. The second kappa shape index (κ2) is 4.45. The standard InChI is InChI=1S/C12H18O2/c1-8-5-9(2)10(3)11(6-8)7-12(13)14-4/h7-9H,3,5-6H2,1-2,4H3/b11-7-/t8-,9-/m0/s1. The number of carbonyl (C=O) groups excluding carboxylic acids is 1. The van der Waals surface area contributed by atoms with E-state index < -0.39 is 0 Å². The van der Waals surface area contributed by atoms with Crippen molar-refractivity contribution in [3.05, 3.63) is 23.8 Å². The summed E-state index contributed by atoms with van der Waals surface area (Å²) in [5.74, 6) is 0.837. The minimum atomic E-state index is -0.276. The number of hydrogen-bond acceptors (Lipinski definition) is 2. The van der Waals surface area contributed by atoms with Crippen LogP contribution in [0.1, 0.15) is 26.7 Å². The Labute approximate surface area is 85.6 Å². The molecule has 78 valence electrons. The molecule has 1 rings (SSSR count). The minimum Gasteiger partial charge on any atom is -0.466 e. The van der Waals surface area contributed by atoms with Gasteiger partial charge >= 0.3 is 5.97 Å². The van der Waals surface area contributed by atoms with E-state index in [4.69, 9.17) is 0 Å². The maximum atomic E-state index is 11.1. The van der Waals surface area contributed by atoms with Crippen molar-refractivity contribution in [1.29, 1.82) is 0 Å². The largest absolute Gasteiger partial charge is 0.466 e. The summed E-state index contributed by atoms with van der Waals surface area (Å²) < 4.78 is 4.62. The van der Waals surface area contributed by atoms with E-state index in [1.165, 1.54) is 7.11 Å². The van der Waals surface area contributed by atoms with Crippen molar-refractivity contribution in [2.45, 2.75) is 26.7 Å². The first-order chi connectivity index (χ1) is 6.54. The molecule has 0 unspecified atom stereocenters. The molecule has 0 spiro atoms. The average Bonchev–Trinajstić information content (AvgIpc) is 2.13. The van der Waals surface area contributed by atoms with Crippen LogP contribution < -0.4 is 0 Å². The maximum absolute atomic E-state index is 11.1. The Bertz CT molecular complexity index is 276. The van der Waals surface area contributed by atoms with Crippen LogP contribution in [0, 0.1) is 11.8 Å². The van der Waals surface area contributed by atoms with Crippen molar-refractivity contribution < 1.29 is 9.53 Å². The SMILES string of the molecule is C=C1/C(=C\C(=O)OC)C[C@@H](C)C[C@@H]1C. The van der Waals surface area contributed by atoms with E-state index >= 15 is 0 Å². The molecular weight excluding hydrogens is 176 g/mol. The summed E-state index contributed by atoms with van der Waals surface area (Å²) in [5, 5.41) is 0. The van der Waals surface area contributed by atoms with Crippen LogP contribution in [0.4, 0.5) is 0 Å². The number of methoxy groups -OCH3 is 1. The zero-order valence-electron chi connectivity index (χ0n) is 9.17. The van der Waals surface area contributed by atoms with Gasteiger partial charge in [-0.3, -0.25) is 0 Å². The third kappa shape index (κ3) is 2.47. The predicted molar refractivity (Wildman–Crippen MR) is 56.8 cm³/mol. The zero-order chi connectivity index (χ0) is 10.7. The number of esters is 1. The lowest BCUT2D eigenvalue weighted by atomic mass is 9.77. The van der Waals surface area contributed by atoms with Crippen molar-refractivity contribution >= 4 is 5.97 Å². The van der Waals surface area contributed by atoms with Crippen LogP contribution in [0.5, 0.6) is 0 Å². The summed E-state index contributed by atoms with van der Waals surface area (Å²) in [4.78, 5) is 11.1. The normalized spacial score (nSPS) is 30.5. The minimum absolute atomic E-state index is 0.276. The van der Waals surface area contributed by atoms with Crippen molar-refractivity contribution in [1.82, 2.24) is 0 Å². The van der Waals surface area contributed by atoms with Crippen molar-refractivity contribution in [3.8, 4) is 0 Å². The fourth-order valence-corrected chi connectivity index (χ4v) is 2.00. The molecule has 1 saturated carbocycles. The van der Waals surface area contributed by atoms with Crippen LogP contribution in [0.15, 0.2) is 23.8 Å². The second-order valence-electron chi connectivity index (χ2n) is 4.16. The summed E-state index contributed by atoms with van der Waals surface area (Å²) in [6, 6.07) is 0. The molecule has 0 aromatic heterocycles. The molecule has 0 aliphatic heterocycles. The smallest absolute Gasteiger partial charge is 0.330 e. The Morgan fingerprint density at radius 1 is 1.57 bits per heavy atom. The lowest BCUT2D eigenvalue weighted by Gasteiger charge is -2.28. The highest BCUT2D eigenvalue weighted by Crippen LogP contribution is 2.35. The van der Waals surface area contributed by atoms with E-state index in [9.17, 15) is 4.79 Å². The molecule has 0 radical (unpaired) electrons. The highest BCUT2D eigenvalue weighted by molar-refractivity contribution is 5.83. The Morgan fingerprint density at radius 2 is 2.21 bits per heavy atom. The lowest BCUT2D eigenvalue weighted by molar-refractivity contribution is -0.134. The Hall–Kier alpha value is -1.05. The molecule has 0 amide bonds.